The van der Waals surface area contributed by atoms with Gasteiger partial charge in [-0.2, -0.15) is 0 Å². The number of nitrogens with one attached hydrogen (secondary N) is 1. The Balaban J connectivity index is 1.23. The minimum Gasteiger partial charge on any atom is -0.494 e. The van der Waals surface area contributed by atoms with Crippen molar-refractivity contribution in [2.45, 2.75) is 31.4 Å². The number of nitrogens with zero attached hydrogens (tertiary/aromatic N) is 2. The van der Waals surface area contributed by atoms with E-state index in [9.17, 15) is 9.90 Å². The van der Waals surface area contributed by atoms with Gasteiger partial charge in [-0.15, -0.1) is 0 Å². The molecule has 3 heterocycles. The fourth-order valence-electron chi connectivity index (χ4n) is 5.71. The highest BCUT2D eigenvalue weighted by molar-refractivity contribution is 6.31. The van der Waals surface area contributed by atoms with Crippen molar-refractivity contribution in [2.75, 3.05) is 32.8 Å². The lowest BCUT2D eigenvalue weighted by molar-refractivity contribution is 0.135. The second kappa shape index (κ2) is 11.7. The number of hydrogen-bond donors (Lipinski definition) is 2. The Morgan fingerprint density at radius 3 is 2.48 bits per heavy atom. The van der Waals surface area contributed by atoms with Crippen LogP contribution in [0.25, 0.3) is 10.9 Å². The third-order valence-corrected chi connectivity index (χ3v) is 8.16. The van der Waals surface area contributed by atoms with E-state index in [4.69, 9.17) is 32.7 Å². The molecule has 9 heteroatoms. The monoisotopic (exact) mass is 579 g/mol. The molecule has 0 radical (unpaired) electrons. The second-order valence-corrected chi connectivity index (χ2v) is 11.3. The number of ether oxygens (including phenoxy) is 2. The molecule has 0 aliphatic carbocycles. The minimum absolute atomic E-state index is 0.203. The summed E-state index contributed by atoms with van der Waals surface area (Å²) >= 11 is 12.3. The van der Waals surface area contributed by atoms with Gasteiger partial charge < -0.3 is 24.5 Å². The number of carbonyl (C=O) groups is 1. The predicted octanol–water partition coefficient (Wildman–Crippen LogP) is 6.46. The maximum absolute atomic E-state index is 13.5. The summed E-state index contributed by atoms with van der Waals surface area (Å²) in [6, 6.07) is 20.1. The van der Waals surface area contributed by atoms with Gasteiger partial charge in [-0.3, -0.25) is 4.90 Å². The summed E-state index contributed by atoms with van der Waals surface area (Å²) in [5.41, 5.74) is 4.05. The van der Waals surface area contributed by atoms with Crippen LogP contribution in [-0.4, -0.2) is 64.9 Å². The molecule has 1 saturated heterocycles. The summed E-state index contributed by atoms with van der Waals surface area (Å²) < 4.78 is 11.8. The van der Waals surface area contributed by atoms with E-state index in [0.717, 1.165) is 65.9 Å². The third-order valence-electron chi connectivity index (χ3n) is 7.67. The number of likely N-dealkylation sites (tertiary alicyclic amines) is 1. The van der Waals surface area contributed by atoms with E-state index in [1.807, 2.05) is 42.5 Å². The van der Waals surface area contributed by atoms with E-state index in [1.54, 1.807) is 29.2 Å². The highest BCUT2D eigenvalue weighted by Crippen LogP contribution is 2.40. The van der Waals surface area contributed by atoms with E-state index < -0.39 is 6.09 Å². The molecule has 40 heavy (non-hydrogen) atoms. The fourth-order valence-corrected chi connectivity index (χ4v) is 6.00. The van der Waals surface area contributed by atoms with Crippen LogP contribution in [0.5, 0.6) is 11.5 Å². The molecule has 6 rings (SSSR count). The first-order valence-electron chi connectivity index (χ1n) is 13.6. The normalized spacial score (nSPS) is 19.1. The van der Waals surface area contributed by atoms with Crippen LogP contribution in [-0.2, 0) is 6.42 Å². The number of amides is 1. The average molecular weight is 581 g/mol. The van der Waals surface area contributed by atoms with Gasteiger partial charge in [0.25, 0.3) is 0 Å². The Labute approximate surface area is 243 Å². The van der Waals surface area contributed by atoms with Crippen LogP contribution in [0.3, 0.4) is 0 Å². The van der Waals surface area contributed by atoms with Gasteiger partial charge >= 0.3 is 6.09 Å². The van der Waals surface area contributed by atoms with E-state index in [1.165, 1.54) is 0 Å². The lowest BCUT2D eigenvalue weighted by atomic mass is 9.92. The summed E-state index contributed by atoms with van der Waals surface area (Å²) in [5, 5.41) is 12.0. The molecular formula is C31H31Cl2N3O4. The molecule has 1 fully saturated rings. The summed E-state index contributed by atoms with van der Waals surface area (Å²) in [6.45, 7) is 3.69. The first kappa shape index (κ1) is 27.0. The highest BCUT2D eigenvalue weighted by atomic mass is 35.5. The molecule has 0 spiro atoms. The summed E-state index contributed by atoms with van der Waals surface area (Å²) in [5.74, 6) is 1.22. The lowest BCUT2D eigenvalue weighted by Crippen LogP contribution is -2.42. The molecule has 2 aliphatic rings. The number of halogens is 2. The van der Waals surface area contributed by atoms with E-state index in [0.29, 0.717) is 35.4 Å². The van der Waals surface area contributed by atoms with Gasteiger partial charge in [-0.1, -0.05) is 35.3 Å². The predicted molar refractivity (Wildman–Crippen MR) is 157 cm³/mol. The largest absolute Gasteiger partial charge is 0.494 e. The molecule has 208 valence electrons. The van der Waals surface area contributed by atoms with E-state index >= 15 is 0 Å². The van der Waals surface area contributed by atoms with Crippen molar-refractivity contribution in [1.29, 1.82) is 0 Å². The van der Waals surface area contributed by atoms with Crippen molar-refractivity contribution >= 4 is 40.2 Å². The smallest absolute Gasteiger partial charge is 0.416 e. The molecule has 0 saturated carbocycles. The van der Waals surface area contributed by atoms with Crippen molar-refractivity contribution in [3.05, 3.63) is 93.6 Å². The molecule has 2 unspecified atom stereocenters. The van der Waals surface area contributed by atoms with Gasteiger partial charge in [-0.25, -0.2) is 4.79 Å². The fraction of sp³-hybridized carbons (Fsp3) is 0.323. The number of benzene rings is 3. The Hall–Kier alpha value is -3.23. The minimum atomic E-state index is -0.429. The number of hydrogen-bond acceptors (Lipinski definition) is 5. The zero-order valence-electron chi connectivity index (χ0n) is 22.0. The van der Waals surface area contributed by atoms with Crippen LogP contribution in [0.2, 0.25) is 10.0 Å². The Bertz CT molecular complexity index is 1490. The number of aromatic amines is 1. The van der Waals surface area contributed by atoms with Crippen LogP contribution in [0, 0.1) is 0 Å². The number of fused-ring (bicyclic) bond motifs is 3. The maximum atomic E-state index is 13.5. The first-order valence-corrected chi connectivity index (χ1v) is 14.4. The summed E-state index contributed by atoms with van der Waals surface area (Å²) in [4.78, 5) is 21.1. The van der Waals surface area contributed by atoms with Gasteiger partial charge in [-0.05, 0) is 85.0 Å². The van der Waals surface area contributed by atoms with Gasteiger partial charge in [0.1, 0.15) is 17.5 Å². The van der Waals surface area contributed by atoms with Crippen molar-refractivity contribution < 1.29 is 19.4 Å². The Morgan fingerprint density at radius 1 is 0.975 bits per heavy atom. The Morgan fingerprint density at radius 2 is 1.73 bits per heavy atom. The van der Waals surface area contributed by atoms with Crippen LogP contribution < -0.4 is 9.47 Å². The molecule has 2 atom stereocenters. The maximum Gasteiger partial charge on any atom is 0.416 e. The molecule has 2 aliphatic heterocycles. The molecule has 3 aromatic carbocycles. The molecule has 7 nitrogen and oxygen atoms in total. The van der Waals surface area contributed by atoms with Gasteiger partial charge in [0.2, 0.25) is 0 Å². The third kappa shape index (κ3) is 5.79. The molecular weight excluding hydrogens is 549 g/mol. The average Bonchev–Trinajstić information content (AvgIpc) is 3.54. The summed E-state index contributed by atoms with van der Waals surface area (Å²) in [7, 11) is 0. The molecule has 4 aromatic rings. The number of H-pyrrole nitrogens is 1. The van der Waals surface area contributed by atoms with Crippen LogP contribution in [0.4, 0.5) is 4.79 Å². The van der Waals surface area contributed by atoms with Gasteiger partial charge in [0, 0.05) is 52.8 Å². The van der Waals surface area contributed by atoms with Crippen LogP contribution >= 0.6 is 23.2 Å². The topological polar surface area (TPSA) is 78.0 Å². The van der Waals surface area contributed by atoms with E-state index in [-0.39, 0.29) is 12.1 Å². The van der Waals surface area contributed by atoms with E-state index in [2.05, 4.69) is 9.88 Å². The van der Waals surface area contributed by atoms with Crippen LogP contribution in [0.1, 0.15) is 35.7 Å². The molecule has 0 bridgehead atoms. The van der Waals surface area contributed by atoms with Gasteiger partial charge in [0.15, 0.2) is 0 Å². The lowest BCUT2D eigenvalue weighted by Gasteiger charge is -2.35. The van der Waals surface area contributed by atoms with Crippen molar-refractivity contribution in [1.82, 2.24) is 14.8 Å². The number of carbonyl (C=O) groups excluding carboxylic acids is 1. The van der Waals surface area contributed by atoms with Crippen LogP contribution in [0.15, 0.2) is 66.7 Å². The number of rotatable bonds is 7. The van der Waals surface area contributed by atoms with Crippen molar-refractivity contribution in [3.8, 4) is 11.5 Å². The first-order chi connectivity index (χ1) is 19.4. The Kier molecular flexibility index (Phi) is 7.89. The molecule has 2 N–H and O–H groups in total. The SMILES string of the molecule is O=C(Oc1ccc(Cl)cc1)N1CCc2c([nH]c3ccc(Cl)cc23)C1c1ccc(OCCCN2CCC(O)C2)cc1. The van der Waals surface area contributed by atoms with Crippen molar-refractivity contribution in [2.24, 2.45) is 0 Å². The highest BCUT2D eigenvalue weighted by Gasteiger charge is 2.35. The summed E-state index contributed by atoms with van der Waals surface area (Å²) in [6.07, 6.45) is 1.78. The number of aliphatic hydroxyl groups excluding tert-OH is 1. The molecule has 1 amide bonds. The number of β-amino-alcohol motifs (C(OH)–C–C–N with tert-alkyl or cyclic N) is 1. The van der Waals surface area contributed by atoms with Gasteiger partial charge in [0.05, 0.1) is 12.7 Å². The standard InChI is InChI=1S/C31H31Cl2N3O4/c32-21-4-9-25(10-5-21)40-31(38)36-16-13-26-27-18-22(33)6-11-28(27)34-29(26)30(36)20-2-7-24(8-3-20)39-17-1-14-35-15-12-23(37)19-35/h2-11,18,23,30,34,37H,1,12-17,19H2. The number of aliphatic hydroxyl groups is 1. The van der Waals surface area contributed by atoms with Crippen molar-refractivity contribution in [3.63, 3.8) is 0 Å². The number of aromatic nitrogens is 1. The molecule has 1 aromatic heterocycles. The second-order valence-electron chi connectivity index (χ2n) is 10.4. The quantitative estimate of drug-likeness (QED) is 0.246. The zero-order chi connectivity index (χ0) is 27.6. The zero-order valence-corrected chi connectivity index (χ0v) is 23.5.